The summed E-state index contributed by atoms with van der Waals surface area (Å²) in [6, 6.07) is 8.68. The summed E-state index contributed by atoms with van der Waals surface area (Å²) < 4.78 is 0. The van der Waals surface area contributed by atoms with Crippen molar-refractivity contribution in [1.82, 2.24) is 5.32 Å². The lowest BCUT2D eigenvalue weighted by Gasteiger charge is -2.14. The van der Waals surface area contributed by atoms with Crippen LogP contribution in [0.2, 0.25) is 5.02 Å². The number of halogens is 1. The predicted molar refractivity (Wildman–Crippen MR) is 67.5 cm³/mol. The third-order valence-electron chi connectivity index (χ3n) is 2.35. The average molecular weight is 226 g/mol. The van der Waals surface area contributed by atoms with Gasteiger partial charge in [0, 0.05) is 11.1 Å². The fourth-order valence-corrected chi connectivity index (χ4v) is 1.79. The molecule has 0 heterocycles. The van der Waals surface area contributed by atoms with E-state index in [1.54, 1.807) is 0 Å². The number of nitrogens with one attached hydrogen (secondary N) is 1. The molecule has 2 heteroatoms. The van der Waals surface area contributed by atoms with Crippen LogP contribution in [-0.4, -0.2) is 12.6 Å². The van der Waals surface area contributed by atoms with Crippen LogP contribution in [-0.2, 0) is 6.42 Å². The highest BCUT2D eigenvalue weighted by Crippen LogP contribution is 2.14. The molecule has 1 aromatic carbocycles. The molecule has 1 nitrogen and oxygen atoms in total. The molecular formula is C13H20ClN. The maximum absolute atomic E-state index is 5.94. The van der Waals surface area contributed by atoms with Gasteiger partial charge in [0.25, 0.3) is 0 Å². The minimum absolute atomic E-state index is 0.562. The van der Waals surface area contributed by atoms with E-state index in [-0.39, 0.29) is 0 Å². The van der Waals surface area contributed by atoms with Crippen molar-refractivity contribution in [3.05, 3.63) is 34.9 Å². The van der Waals surface area contributed by atoms with Crippen LogP contribution in [0.5, 0.6) is 0 Å². The van der Waals surface area contributed by atoms with Crippen LogP contribution in [0.3, 0.4) is 0 Å². The van der Waals surface area contributed by atoms with E-state index in [1.165, 1.54) is 5.56 Å². The molecule has 0 aliphatic rings. The topological polar surface area (TPSA) is 12.0 Å². The van der Waals surface area contributed by atoms with Gasteiger partial charge in [-0.15, -0.1) is 0 Å². The highest BCUT2D eigenvalue weighted by atomic mass is 35.5. The molecule has 1 N–H and O–H groups in total. The standard InChI is InChI=1S/C13H20ClN/c1-10(2)15-9-11(3)7-12-5-4-6-13(14)8-12/h4-6,8,10-11,15H,7,9H2,1-3H3. The molecule has 1 atom stereocenters. The number of benzene rings is 1. The predicted octanol–water partition coefficient (Wildman–Crippen LogP) is 3.52. The minimum atomic E-state index is 0.562. The number of hydrogen-bond acceptors (Lipinski definition) is 1. The third-order valence-corrected chi connectivity index (χ3v) is 2.58. The third kappa shape index (κ3) is 5.19. The largest absolute Gasteiger partial charge is 0.314 e. The van der Waals surface area contributed by atoms with E-state index in [0.717, 1.165) is 18.0 Å². The zero-order valence-electron chi connectivity index (χ0n) is 9.76. The molecule has 0 radical (unpaired) electrons. The molecule has 1 unspecified atom stereocenters. The Balaban J connectivity index is 2.40. The van der Waals surface area contributed by atoms with Gasteiger partial charge in [0.15, 0.2) is 0 Å². The van der Waals surface area contributed by atoms with E-state index in [1.807, 2.05) is 18.2 Å². The summed E-state index contributed by atoms with van der Waals surface area (Å²) in [7, 11) is 0. The molecule has 0 aliphatic carbocycles. The zero-order chi connectivity index (χ0) is 11.3. The van der Waals surface area contributed by atoms with Crippen LogP contribution in [0, 0.1) is 5.92 Å². The lowest BCUT2D eigenvalue weighted by molar-refractivity contribution is 0.476. The highest BCUT2D eigenvalue weighted by Gasteiger charge is 2.04. The second-order valence-corrected chi connectivity index (χ2v) is 4.94. The zero-order valence-corrected chi connectivity index (χ0v) is 10.5. The second kappa shape index (κ2) is 6.14. The van der Waals surface area contributed by atoms with Crippen molar-refractivity contribution in [3.8, 4) is 0 Å². The Bertz CT molecular complexity index is 296. The average Bonchev–Trinajstić information content (AvgIpc) is 2.15. The van der Waals surface area contributed by atoms with Crippen molar-refractivity contribution in [2.75, 3.05) is 6.54 Å². The van der Waals surface area contributed by atoms with Crippen molar-refractivity contribution >= 4 is 11.6 Å². The van der Waals surface area contributed by atoms with Gasteiger partial charge >= 0.3 is 0 Å². The highest BCUT2D eigenvalue weighted by molar-refractivity contribution is 6.30. The lowest BCUT2D eigenvalue weighted by atomic mass is 10.0. The molecule has 15 heavy (non-hydrogen) atoms. The molecule has 1 rings (SSSR count). The SMILES string of the molecule is CC(CNC(C)C)Cc1cccc(Cl)c1. The summed E-state index contributed by atoms with van der Waals surface area (Å²) >= 11 is 5.94. The summed E-state index contributed by atoms with van der Waals surface area (Å²) in [5.41, 5.74) is 1.32. The molecule has 0 amide bonds. The Morgan fingerprint density at radius 3 is 2.60 bits per heavy atom. The van der Waals surface area contributed by atoms with E-state index in [2.05, 4.69) is 32.2 Å². The van der Waals surface area contributed by atoms with Gasteiger partial charge in [-0.25, -0.2) is 0 Å². The molecule has 0 saturated carbocycles. The first-order valence-corrected chi connectivity index (χ1v) is 5.93. The Hall–Kier alpha value is -0.530. The Morgan fingerprint density at radius 1 is 1.27 bits per heavy atom. The smallest absolute Gasteiger partial charge is 0.0408 e. The molecule has 1 aromatic rings. The quantitative estimate of drug-likeness (QED) is 0.809. The van der Waals surface area contributed by atoms with Crippen molar-refractivity contribution < 1.29 is 0 Å². The fraction of sp³-hybridized carbons (Fsp3) is 0.538. The monoisotopic (exact) mass is 225 g/mol. The summed E-state index contributed by atoms with van der Waals surface area (Å²) in [5, 5.41) is 4.28. The summed E-state index contributed by atoms with van der Waals surface area (Å²) in [5.74, 6) is 0.644. The Labute approximate surface area is 97.8 Å². The van der Waals surface area contributed by atoms with Crippen LogP contribution in [0.1, 0.15) is 26.3 Å². The Morgan fingerprint density at radius 2 is 2.00 bits per heavy atom. The van der Waals surface area contributed by atoms with Crippen LogP contribution < -0.4 is 5.32 Å². The summed E-state index contributed by atoms with van der Waals surface area (Å²) in [4.78, 5) is 0. The summed E-state index contributed by atoms with van der Waals surface area (Å²) in [6.07, 6.45) is 1.08. The van der Waals surface area contributed by atoms with Gasteiger partial charge in [0.2, 0.25) is 0 Å². The van der Waals surface area contributed by atoms with E-state index in [9.17, 15) is 0 Å². The van der Waals surface area contributed by atoms with E-state index in [4.69, 9.17) is 11.6 Å². The first kappa shape index (κ1) is 12.5. The molecule has 0 fully saturated rings. The van der Waals surface area contributed by atoms with Gasteiger partial charge in [0.05, 0.1) is 0 Å². The first-order chi connectivity index (χ1) is 7.08. The molecule has 0 bridgehead atoms. The van der Waals surface area contributed by atoms with Crippen LogP contribution >= 0.6 is 11.6 Å². The van der Waals surface area contributed by atoms with Crippen LogP contribution in [0.4, 0.5) is 0 Å². The summed E-state index contributed by atoms with van der Waals surface area (Å²) in [6.45, 7) is 7.67. The van der Waals surface area contributed by atoms with Crippen molar-refractivity contribution in [3.63, 3.8) is 0 Å². The second-order valence-electron chi connectivity index (χ2n) is 4.50. The van der Waals surface area contributed by atoms with Crippen LogP contribution in [0.15, 0.2) is 24.3 Å². The maximum atomic E-state index is 5.94. The molecule has 0 aliphatic heterocycles. The molecule has 0 spiro atoms. The minimum Gasteiger partial charge on any atom is -0.314 e. The van der Waals surface area contributed by atoms with Crippen LogP contribution in [0.25, 0.3) is 0 Å². The molecule has 0 saturated heterocycles. The molecule has 84 valence electrons. The molecular weight excluding hydrogens is 206 g/mol. The Kier molecular flexibility index (Phi) is 5.13. The number of rotatable bonds is 5. The van der Waals surface area contributed by atoms with Gasteiger partial charge in [-0.05, 0) is 36.6 Å². The normalized spacial score (nSPS) is 13.1. The lowest BCUT2D eigenvalue weighted by Crippen LogP contribution is -2.28. The number of hydrogen-bond donors (Lipinski definition) is 1. The van der Waals surface area contributed by atoms with E-state index < -0.39 is 0 Å². The van der Waals surface area contributed by atoms with E-state index in [0.29, 0.717) is 12.0 Å². The van der Waals surface area contributed by atoms with Gasteiger partial charge in [-0.3, -0.25) is 0 Å². The van der Waals surface area contributed by atoms with Gasteiger partial charge in [-0.1, -0.05) is 44.5 Å². The van der Waals surface area contributed by atoms with Crippen molar-refractivity contribution in [1.29, 1.82) is 0 Å². The maximum Gasteiger partial charge on any atom is 0.0408 e. The first-order valence-electron chi connectivity index (χ1n) is 5.55. The van der Waals surface area contributed by atoms with Gasteiger partial charge in [-0.2, -0.15) is 0 Å². The van der Waals surface area contributed by atoms with Gasteiger partial charge < -0.3 is 5.32 Å². The molecule has 0 aromatic heterocycles. The van der Waals surface area contributed by atoms with Crippen molar-refractivity contribution in [2.45, 2.75) is 33.2 Å². The van der Waals surface area contributed by atoms with Crippen molar-refractivity contribution in [2.24, 2.45) is 5.92 Å². The van der Waals surface area contributed by atoms with Gasteiger partial charge in [0.1, 0.15) is 0 Å². The fourth-order valence-electron chi connectivity index (χ4n) is 1.58. The van der Waals surface area contributed by atoms with E-state index >= 15 is 0 Å².